The van der Waals surface area contributed by atoms with Crippen molar-refractivity contribution in [1.82, 2.24) is 14.9 Å². The third kappa shape index (κ3) is 3.05. The summed E-state index contributed by atoms with van der Waals surface area (Å²) >= 11 is 0. The molecule has 0 aliphatic rings. The summed E-state index contributed by atoms with van der Waals surface area (Å²) in [5.74, 6) is -0.616. The minimum Gasteiger partial charge on any atom is -0.297 e. The van der Waals surface area contributed by atoms with Crippen molar-refractivity contribution in [3.8, 4) is 0 Å². The molecule has 106 valence electrons. The number of nitrogens with zero attached hydrogens (tertiary/aromatic N) is 3. The van der Waals surface area contributed by atoms with Crippen molar-refractivity contribution < 1.29 is 8.78 Å². The second kappa shape index (κ2) is 5.70. The number of hydrogen-bond donors (Lipinski definition) is 1. The van der Waals surface area contributed by atoms with E-state index in [1.54, 1.807) is 24.3 Å². The number of hydrogen-bond acceptors (Lipinski definition) is 3. The van der Waals surface area contributed by atoms with Gasteiger partial charge in [-0.15, -0.1) is 5.10 Å². The van der Waals surface area contributed by atoms with Gasteiger partial charge in [0.1, 0.15) is 24.3 Å². The fourth-order valence-electron chi connectivity index (χ4n) is 2.06. The van der Waals surface area contributed by atoms with Crippen molar-refractivity contribution in [3.63, 3.8) is 0 Å². The maximum absolute atomic E-state index is 13.1. The minimum absolute atomic E-state index is 0.298. The fraction of sp³-hybridized carbons (Fsp3) is 0.0667. The van der Waals surface area contributed by atoms with Crippen molar-refractivity contribution in [2.24, 2.45) is 0 Å². The van der Waals surface area contributed by atoms with E-state index in [2.05, 4.69) is 15.5 Å². The maximum Gasteiger partial charge on any atom is 0.139 e. The van der Waals surface area contributed by atoms with Gasteiger partial charge in [-0.2, -0.15) is 4.79 Å². The highest BCUT2D eigenvalue weighted by Gasteiger charge is 2.14. The molecule has 4 nitrogen and oxygen atoms in total. The van der Waals surface area contributed by atoms with Crippen LogP contribution in [0.15, 0.2) is 61.2 Å². The zero-order valence-corrected chi connectivity index (χ0v) is 10.9. The maximum atomic E-state index is 13.1. The van der Waals surface area contributed by atoms with E-state index in [9.17, 15) is 8.78 Å². The third-order valence-electron chi connectivity index (χ3n) is 3.09. The lowest BCUT2D eigenvalue weighted by Gasteiger charge is -2.20. The number of halogens is 2. The molecule has 0 spiro atoms. The Morgan fingerprint density at radius 3 is 1.81 bits per heavy atom. The molecule has 6 heteroatoms. The van der Waals surface area contributed by atoms with Gasteiger partial charge in [0.05, 0.1) is 6.04 Å². The van der Waals surface area contributed by atoms with Gasteiger partial charge in [0.2, 0.25) is 0 Å². The molecule has 0 bridgehead atoms. The van der Waals surface area contributed by atoms with Gasteiger partial charge in [-0.1, -0.05) is 24.3 Å². The molecule has 0 saturated carbocycles. The Hall–Kier alpha value is -2.76. The highest BCUT2D eigenvalue weighted by Crippen LogP contribution is 2.23. The molecule has 0 unspecified atom stereocenters. The molecule has 0 fully saturated rings. The number of benzene rings is 2. The van der Waals surface area contributed by atoms with Crippen LogP contribution < -0.4 is 5.43 Å². The van der Waals surface area contributed by atoms with Crippen LogP contribution >= 0.6 is 0 Å². The predicted octanol–water partition coefficient (Wildman–Crippen LogP) is 2.89. The Labute approximate surface area is 120 Å². The highest BCUT2D eigenvalue weighted by atomic mass is 19.1. The van der Waals surface area contributed by atoms with Crippen LogP contribution in [0.5, 0.6) is 0 Å². The Morgan fingerprint density at radius 2 is 1.38 bits per heavy atom. The Bertz CT molecular complexity index is 648. The lowest BCUT2D eigenvalue weighted by atomic mass is 9.99. The molecule has 3 aromatic rings. The summed E-state index contributed by atoms with van der Waals surface area (Å²) in [6.45, 7) is 0. The van der Waals surface area contributed by atoms with Crippen LogP contribution in [-0.4, -0.2) is 14.9 Å². The zero-order chi connectivity index (χ0) is 14.7. The summed E-state index contributed by atoms with van der Waals surface area (Å²) in [6, 6.07) is 11.9. The van der Waals surface area contributed by atoms with E-state index in [4.69, 9.17) is 0 Å². The van der Waals surface area contributed by atoms with Gasteiger partial charge >= 0.3 is 0 Å². The van der Waals surface area contributed by atoms with Crippen LogP contribution in [-0.2, 0) is 0 Å². The van der Waals surface area contributed by atoms with E-state index in [-0.39, 0.29) is 17.7 Å². The molecular weight excluding hydrogens is 274 g/mol. The molecule has 0 radical (unpaired) electrons. The van der Waals surface area contributed by atoms with Crippen LogP contribution in [0.2, 0.25) is 0 Å². The van der Waals surface area contributed by atoms with Gasteiger partial charge in [0.15, 0.2) is 0 Å². The summed E-state index contributed by atoms with van der Waals surface area (Å²) < 4.78 is 26.2. The monoisotopic (exact) mass is 286 g/mol. The van der Waals surface area contributed by atoms with Gasteiger partial charge in [0, 0.05) is 0 Å². The first kappa shape index (κ1) is 13.2. The van der Waals surface area contributed by atoms with Crippen LogP contribution in [0.25, 0.3) is 0 Å². The van der Waals surface area contributed by atoms with Crippen LogP contribution in [0.4, 0.5) is 8.78 Å². The van der Waals surface area contributed by atoms with Crippen molar-refractivity contribution >= 4 is 0 Å². The first-order valence-electron chi connectivity index (χ1n) is 6.34. The van der Waals surface area contributed by atoms with Crippen molar-refractivity contribution in [1.29, 1.82) is 0 Å². The number of aromatic nitrogens is 3. The zero-order valence-electron chi connectivity index (χ0n) is 10.9. The average Bonchev–Trinajstić information content (AvgIpc) is 3.00. The van der Waals surface area contributed by atoms with E-state index in [0.29, 0.717) is 0 Å². The molecule has 21 heavy (non-hydrogen) atoms. The molecule has 1 N–H and O–H groups in total. The second-order valence-corrected chi connectivity index (χ2v) is 4.51. The fourth-order valence-corrected chi connectivity index (χ4v) is 2.06. The predicted molar refractivity (Wildman–Crippen MR) is 74.0 cm³/mol. The quantitative estimate of drug-likeness (QED) is 0.802. The normalized spacial score (nSPS) is 10.8. The van der Waals surface area contributed by atoms with E-state index in [1.165, 1.54) is 41.7 Å². The first-order chi connectivity index (χ1) is 10.2. The minimum atomic E-state index is -0.308. The van der Waals surface area contributed by atoms with Crippen LogP contribution in [0, 0.1) is 11.6 Å². The van der Waals surface area contributed by atoms with Crippen molar-refractivity contribution in [3.05, 3.63) is 83.9 Å². The lowest BCUT2D eigenvalue weighted by Crippen LogP contribution is -2.22. The molecule has 1 heterocycles. The lowest BCUT2D eigenvalue weighted by molar-refractivity contribution is 0.622. The summed E-state index contributed by atoms with van der Waals surface area (Å²) in [4.78, 5) is 5.32. The first-order valence-corrected chi connectivity index (χ1v) is 6.34. The third-order valence-corrected chi connectivity index (χ3v) is 3.09. The summed E-state index contributed by atoms with van der Waals surface area (Å²) in [7, 11) is 0. The van der Waals surface area contributed by atoms with E-state index < -0.39 is 0 Å². The molecule has 0 saturated heterocycles. The molecule has 0 aliphatic carbocycles. The Balaban J connectivity index is 1.97. The molecule has 0 amide bonds. The smallest absolute Gasteiger partial charge is 0.139 e. The Kier molecular flexibility index (Phi) is 3.59. The Morgan fingerprint density at radius 1 is 0.857 bits per heavy atom. The van der Waals surface area contributed by atoms with E-state index >= 15 is 0 Å². The molecule has 0 aliphatic heterocycles. The largest absolute Gasteiger partial charge is 0.297 e. The summed E-state index contributed by atoms with van der Waals surface area (Å²) in [5.41, 5.74) is 4.79. The molecule has 1 aromatic heterocycles. The molecule has 2 aromatic carbocycles. The van der Waals surface area contributed by atoms with Gasteiger partial charge in [-0.05, 0) is 35.4 Å². The number of rotatable bonds is 4. The van der Waals surface area contributed by atoms with Crippen LogP contribution in [0.1, 0.15) is 17.2 Å². The standard InChI is InChI=1S/C15H12F2N4/c16-13-5-1-11(2-6-13)15(20-21-10-18-9-19-21)12-3-7-14(17)8-4-12/h1-10,15,20H. The van der Waals surface area contributed by atoms with Crippen molar-refractivity contribution in [2.45, 2.75) is 6.04 Å². The average molecular weight is 286 g/mol. The topological polar surface area (TPSA) is 42.7 Å². The van der Waals surface area contributed by atoms with Gasteiger partial charge < -0.3 is 0 Å². The molecule has 0 atom stereocenters. The number of nitrogens with one attached hydrogen (secondary N) is 1. The van der Waals surface area contributed by atoms with E-state index in [0.717, 1.165) is 11.1 Å². The SMILES string of the molecule is Fc1ccc(C(Nn2cncn2)c2ccc(F)cc2)cc1. The van der Waals surface area contributed by atoms with Crippen molar-refractivity contribution in [2.75, 3.05) is 5.43 Å². The summed E-state index contributed by atoms with van der Waals surface area (Å²) in [6.07, 6.45) is 2.92. The van der Waals surface area contributed by atoms with Crippen LogP contribution in [0.3, 0.4) is 0 Å². The second-order valence-electron chi connectivity index (χ2n) is 4.51. The molecule has 3 rings (SSSR count). The summed E-state index contributed by atoms with van der Waals surface area (Å²) in [5, 5.41) is 3.99. The molecular formula is C15H12F2N4. The highest BCUT2D eigenvalue weighted by molar-refractivity contribution is 5.34. The van der Waals surface area contributed by atoms with E-state index in [1.807, 2.05) is 0 Å². The van der Waals surface area contributed by atoms with Gasteiger partial charge in [0.25, 0.3) is 0 Å². The van der Waals surface area contributed by atoms with Gasteiger partial charge in [-0.3, -0.25) is 5.43 Å². The van der Waals surface area contributed by atoms with Gasteiger partial charge in [-0.25, -0.2) is 13.8 Å².